The van der Waals surface area contributed by atoms with Crippen molar-refractivity contribution in [3.05, 3.63) is 59.7 Å². The number of alkyl halides is 3. The predicted octanol–water partition coefficient (Wildman–Crippen LogP) is 4.59. The van der Waals surface area contributed by atoms with Crippen molar-refractivity contribution in [3.8, 4) is 0 Å². The molecule has 0 aliphatic rings. The topological polar surface area (TPSA) is 49.4 Å². The van der Waals surface area contributed by atoms with Gasteiger partial charge in [-0.3, -0.25) is 9.59 Å². The predicted molar refractivity (Wildman–Crippen MR) is 104 cm³/mol. The molecule has 0 atom stereocenters. The summed E-state index contributed by atoms with van der Waals surface area (Å²) in [5, 5.41) is 2.26. The van der Waals surface area contributed by atoms with Crippen LogP contribution in [0.3, 0.4) is 0 Å². The number of carbonyl (C=O) groups is 2. The van der Waals surface area contributed by atoms with Crippen molar-refractivity contribution >= 4 is 29.3 Å². The smallest absolute Gasteiger partial charge is 0.333 e. The fourth-order valence-corrected chi connectivity index (χ4v) is 3.46. The van der Waals surface area contributed by atoms with Crippen LogP contribution in [0.1, 0.15) is 18.1 Å². The number of rotatable bonds is 7. The van der Waals surface area contributed by atoms with E-state index in [-0.39, 0.29) is 30.4 Å². The zero-order chi connectivity index (χ0) is 20.7. The standard InChI is InChI=1S/C20H21F3N2O2S/c1-3-25(19(27)13-28-17-11-7-4-8-14(17)2)12-18(26)24-16-10-6-5-9-15(16)20(21,22)23/h4-11H,3,12-13H2,1-2H3,(H,24,26). The molecular formula is C20H21F3N2O2S. The Labute approximate surface area is 166 Å². The molecule has 1 N–H and O–H groups in total. The minimum absolute atomic E-state index is 0.144. The fourth-order valence-electron chi connectivity index (χ4n) is 2.53. The SMILES string of the molecule is CCN(CC(=O)Nc1ccccc1C(F)(F)F)C(=O)CSc1ccccc1C. The maximum absolute atomic E-state index is 13.0. The minimum atomic E-state index is -4.58. The van der Waals surface area contributed by atoms with Crippen LogP contribution in [0.25, 0.3) is 0 Å². The molecule has 0 fully saturated rings. The summed E-state index contributed by atoms with van der Waals surface area (Å²) >= 11 is 1.36. The summed E-state index contributed by atoms with van der Waals surface area (Å²) in [5.41, 5.74) is -0.199. The van der Waals surface area contributed by atoms with Crippen LogP contribution >= 0.6 is 11.8 Å². The second kappa shape index (κ2) is 9.64. The van der Waals surface area contributed by atoms with Gasteiger partial charge in [-0.1, -0.05) is 30.3 Å². The maximum atomic E-state index is 13.0. The molecule has 0 aliphatic carbocycles. The van der Waals surface area contributed by atoms with E-state index in [1.807, 2.05) is 31.2 Å². The van der Waals surface area contributed by atoms with E-state index in [0.717, 1.165) is 16.5 Å². The van der Waals surface area contributed by atoms with Gasteiger partial charge in [-0.05, 0) is 37.6 Å². The fraction of sp³-hybridized carbons (Fsp3) is 0.300. The molecule has 0 spiro atoms. The van der Waals surface area contributed by atoms with Crippen LogP contribution < -0.4 is 5.32 Å². The van der Waals surface area contributed by atoms with E-state index in [0.29, 0.717) is 0 Å². The Kier molecular flexibility index (Phi) is 7.51. The van der Waals surface area contributed by atoms with Crippen LogP contribution in [-0.4, -0.2) is 35.6 Å². The van der Waals surface area contributed by atoms with Gasteiger partial charge >= 0.3 is 6.18 Å². The Morgan fingerprint density at radius 1 is 1.07 bits per heavy atom. The van der Waals surface area contributed by atoms with Gasteiger partial charge < -0.3 is 10.2 Å². The van der Waals surface area contributed by atoms with Gasteiger partial charge in [0, 0.05) is 11.4 Å². The summed E-state index contributed by atoms with van der Waals surface area (Å²) in [6.07, 6.45) is -4.58. The molecule has 0 aromatic heterocycles. The molecule has 0 aliphatic heterocycles. The van der Waals surface area contributed by atoms with Gasteiger partial charge in [0.25, 0.3) is 0 Å². The Hall–Kier alpha value is -2.48. The molecule has 0 unspecified atom stereocenters. The summed E-state index contributed by atoms with van der Waals surface area (Å²) in [7, 11) is 0. The molecule has 4 nitrogen and oxygen atoms in total. The molecule has 8 heteroatoms. The lowest BCUT2D eigenvalue weighted by atomic mass is 10.1. The molecule has 0 radical (unpaired) electrons. The first-order valence-corrected chi connectivity index (χ1v) is 9.63. The molecule has 2 rings (SSSR count). The van der Waals surface area contributed by atoms with E-state index >= 15 is 0 Å². The number of thioether (sulfide) groups is 1. The molecule has 0 saturated heterocycles. The normalized spacial score (nSPS) is 11.2. The summed E-state index contributed by atoms with van der Waals surface area (Å²) in [5.74, 6) is -0.784. The second-order valence-corrected chi connectivity index (χ2v) is 7.07. The van der Waals surface area contributed by atoms with Crippen LogP contribution in [0, 0.1) is 6.92 Å². The zero-order valence-electron chi connectivity index (χ0n) is 15.5. The lowest BCUT2D eigenvalue weighted by Crippen LogP contribution is -2.39. The largest absolute Gasteiger partial charge is 0.418 e. The molecule has 0 bridgehead atoms. The molecule has 150 valence electrons. The van der Waals surface area contributed by atoms with Crippen LogP contribution in [-0.2, 0) is 15.8 Å². The van der Waals surface area contributed by atoms with Crippen LogP contribution in [0.15, 0.2) is 53.4 Å². The molecule has 28 heavy (non-hydrogen) atoms. The maximum Gasteiger partial charge on any atom is 0.418 e. The van der Waals surface area contributed by atoms with Crippen molar-refractivity contribution in [1.82, 2.24) is 4.90 Å². The number of benzene rings is 2. The Bertz CT molecular complexity index is 840. The number of likely N-dealkylation sites (N-methyl/N-ethyl adjacent to an activating group) is 1. The van der Waals surface area contributed by atoms with Gasteiger partial charge in [0.1, 0.15) is 0 Å². The van der Waals surface area contributed by atoms with E-state index in [4.69, 9.17) is 0 Å². The molecule has 0 heterocycles. The van der Waals surface area contributed by atoms with Crippen LogP contribution in [0.5, 0.6) is 0 Å². The molecule has 0 saturated carbocycles. The first-order chi connectivity index (χ1) is 13.2. The molecular weight excluding hydrogens is 389 g/mol. The monoisotopic (exact) mass is 410 g/mol. The third-order valence-corrected chi connectivity index (χ3v) is 5.18. The van der Waals surface area contributed by atoms with Gasteiger partial charge in [-0.2, -0.15) is 13.2 Å². The van der Waals surface area contributed by atoms with Gasteiger partial charge in [0.05, 0.1) is 23.5 Å². The number of para-hydroxylation sites is 1. The summed E-state index contributed by atoms with van der Waals surface area (Å²) < 4.78 is 39.1. The minimum Gasteiger partial charge on any atom is -0.333 e. The van der Waals surface area contributed by atoms with Crippen molar-refractivity contribution in [2.24, 2.45) is 0 Å². The lowest BCUT2D eigenvalue weighted by molar-refractivity contribution is -0.137. The van der Waals surface area contributed by atoms with E-state index < -0.39 is 17.6 Å². The first-order valence-electron chi connectivity index (χ1n) is 8.64. The summed E-state index contributed by atoms with van der Waals surface area (Å²) in [4.78, 5) is 26.9. The average molecular weight is 410 g/mol. The highest BCUT2D eigenvalue weighted by atomic mass is 32.2. The Morgan fingerprint density at radius 3 is 2.36 bits per heavy atom. The van der Waals surface area contributed by atoms with Crippen molar-refractivity contribution in [2.45, 2.75) is 24.9 Å². The summed E-state index contributed by atoms with van der Waals surface area (Å²) in [6, 6.07) is 12.4. The third kappa shape index (κ3) is 6.02. The molecule has 2 aromatic carbocycles. The number of hydrogen-bond donors (Lipinski definition) is 1. The van der Waals surface area contributed by atoms with Crippen molar-refractivity contribution in [2.75, 3.05) is 24.2 Å². The number of hydrogen-bond acceptors (Lipinski definition) is 3. The van der Waals surface area contributed by atoms with Crippen molar-refractivity contribution in [1.29, 1.82) is 0 Å². The number of anilines is 1. The van der Waals surface area contributed by atoms with E-state index in [9.17, 15) is 22.8 Å². The number of amides is 2. The number of carbonyl (C=O) groups excluding carboxylic acids is 2. The highest BCUT2D eigenvalue weighted by Gasteiger charge is 2.33. The van der Waals surface area contributed by atoms with Crippen molar-refractivity contribution in [3.63, 3.8) is 0 Å². The average Bonchev–Trinajstić information content (AvgIpc) is 2.64. The van der Waals surface area contributed by atoms with Gasteiger partial charge in [-0.15, -0.1) is 11.8 Å². The highest BCUT2D eigenvalue weighted by Crippen LogP contribution is 2.34. The number of nitrogens with one attached hydrogen (secondary N) is 1. The van der Waals surface area contributed by atoms with E-state index in [2.05, 4.69) is 5.32 Å². The number of aryl methyl sites for hydroxylation is 1. The van der Waals surface area contributed by atoms with Gasteiger partial charge in [-0.25, -0.2) is 0 Å². The third-order valence-electron chi connectivity index (χ3n) is 4.02. The van der Waals surface area contributed by atoms with Crippen LogP contribution in [0.2, 0.25) is 0 Å². The zero-order valence-corrected chi connectivity index (χ0v) is 16.4. The Balaban J connectivity index is 1.98. The highest BCUT2D eigenvalue weighted by molar-refractivity contribution is 8.00. The second-order valence-electron chi connectivity index (χ2n) is 6.05. The number of halogens is 3. The Morgan fingerprint density at radius 2 is 1.71 bits per heavy atom. The van der Waals surface area contributed by atoms with Gasteiger partial charge in [0.2, 0.25) is 11.8 Å². The van der Waals surface area contributed by atoms with E-state index in [1.165, 1.54) is 34.9 Å². The van der Waals surface area contributed by atoms with Crippen LogP contribution in [0.4, 0.5) is 18.9 Å². The summed E-state index contributed by atoms with van der Waals surface area (Å²) in [6.45, 7) is 3.63. The first kappa shape index (κ1) is 21.8. The van der Waals surface area contributed by atoms with Gasteiger partial charge in [0.15, 0.2) is 0 Å². The van der Waals surface area contributed by atoms with Crippen molar-refractivity contribution < 1.29 is 22.8 Å². The molecule has 2 amide bonds. The quantitative estimate of drug-likeness (QED) is 0.679. The van der Waals surface area contributed by atoms with E-state index in [1.54, 1.807) is 6.92 Å². The number of nitrogens with zero attached hydrogens (tertiary/aromatic N) is 1. The lowest BCUT2D eigenvalue weighted by Gasteiger charge is -2.21. The molecule has 2 aromatic rings.